The van der Waals surface area contributed by atoms with Crippen molar-refractivity contribution in [1.29, 1.82) is 0 Å². The number of fused-ring (bicyclic) bond motifs is 1. The van der Waals surface area contributed by atoms with E-state index in [2.05, 4.69) is 76.3 Å². The Morgan fingerprint density at radius 3 is 2.63 bits per heavy atom. The molecule has 0 fully saturated rings. The fraction of sp³-hybridized carbons (Fsp3) is 0.188. The van der Waals surface area contributed by atoms with E-state index in [1.54, 1.807) is 0 Å². The van der Waals surface area contributed by atoms with Crippen molar-refractivity contribution in [3.8, 4) is 0 Å². The topological polar surface area (TPSA) is 28.7 Å². The summed E-state index contributed by atoms with van der Waals surface area (Å²) in [5.74, 6) is 0. The molecule has 3 heteroatoms. The quantitative estimate of drug-likeness (QED) is 0.732. The molecule has 0 amide bonds. The lowest BCUT2D eigenvalue weighted by atomic mass is 9.78. The van der Waals surface area contributed by atoms with Crippen molar-refractivity contribution in [3.63, 3.8) is 0 Å². The van der Waals surface area contributed by atoms with Gasteiger partial charge in [0.25, 0.3) is 0 Å². The third kappa shape index (κ3) is 2.08. The molecule has 0 unspecified atom stereocenters. The van der Waals surface area contributed by atoms with E-state index in [4.69, 9.17) is 0 Å². The van der Waals surface area contributed by atoms with Gasteiger partial charge >= 0.3 is 0 Å². The fourth-order valence-electron chi connectivity index (χ4n) is 2.51. The first kappa shape index (κ1) is 12.4. The van der Waals surface area contributed by atoms with E-state index in [9.17, 15) is 0 Å². The summed E-state index contributed by atoms with van der Waals surface area (Å²) >= 11 is 3.50. The van der Waals surface area contributed by atoms with Crippen LogP contribution in [0.25, 0.3) is 11.0 Å². The summed E-state index contributed by atoms with van der Waals surface area (Å²) < 4.78 is 1.00. The Morgan fingerprint density at radius 1 is 1.16 bits per heavy atom. The molecule has 0 aliphatic carbocycles. The van der Waals surface area contributed by atoms with Crippen LogP contribution < -0.4 is 0 Å². The lowest BCUT2D eigenvalue weighted by Gasteiger charge is -2.25. The fourth-order valence-corrected chi connectivity index (χ4v) is 2.84. The molecule has 1 aromatic carbocycles. The van der Waals surface area contributed by atoms with E-state index < -0.39 is 0 Å². The highest BCUT2D eigenvalue weighted by Crippen LogP contribution is 2.36. The second kappa shape index (κ2) is 4.49. The molecule has 2 aromatic heterocycles. The van der Waals surface area contributed by atoms with Gasteiger partial charge in [0.1, 0.15) is 5.65 Å². The number of hydrogen-bond acceptors (Lipinski definition) is 1. The minimum absolute atomic E-state index is 0.0536. The van der Waals surface area contributed by atoms with E-state index in [0.29, 0.717) is 0 Å². The molecule has 0 saturated carbocycles. The van der Waals surface area contributed by atoms with Crippen LogP contribution in [0.5, 0.6) is 0 Å². The first-order valence-corrected chi connectivity index (χ1v) is 7.07. The lowest BCUT2D eigenvalue weighted by Crippen LogP contribution is -2.18. The van der Waals surface area contributed by atoms with Crippen LogP contribution >= 0.6 is 15.9 Å². The molecule has 3 aromatic rings. The normalized spacial score (nSPS) is 11.9. The van der Waals surface area contributed by atoms with Crippen molar-refractivity contribution in [2.24, 2.45) is 0 Å². The van der Waals surface area contributed by atoms with Gasteiger partial charge in [0.2, 0.25) is 0 Å². The second-order valence-corrected chi connectivity index (χ2v) is 6.16. The number of hydrogen-bond donors (Lipinski definition) is 1. The largest absolute Gasteiger partial charge is 0.346 e. The van der Waals surface area contributed by atoms with E-state index in [1.807, 2.05) is 12.3 Å². The van der Waals surface area contributed by atoms with Crippen LogP contribution in [0.4, 0.5) is 0 Å². The van der Waals surface area contributed by atoms with Crippen molar-refractivity contribution in [2.75, 3.05) is 0 Å². The number of rotatable bonds is 2. The summed E-state index contributed by atoms with van der Waals surface area (Å²) in [7, 11) is 0. The maximum Gasteiger partial charge on any atom is 0.137 e. The van der Waals surface area contributed by atoms with Gasteiger partial charge < -0.3 is 4.98 Å². The predicted molar refractivity (Wildman–Crippen MR) is 82.4 cm³/mol. The van der Waals surface area contributed by atoms with Gasteiger partial charge in [-0.25, -0.2) is 4.98 Å². The number of nitrogens with one attached hydrogen (secondary N) is 1. The maximum absolute atomic E-state index is 4.41. The molecule has 2 heterocycles. The Bertz CT molecular complexity index is 714. The average molecular weight is 315 g/mol. The van der Waals surface area contributed by atoms with E-state index in [-0.39, 0.29) is 5.41 Å². The van der Waals surface area contributed by atoms with Gasteiger partial charge in [0.05, 0.1) is 0 Å². The zero-order chi connectivity index (χ0) is 13.5. The number of H-pyrrole nitrogens is 1. The zero-order valence-electron chi connectivity index (χ0n) is 10.9. The van der Waals surface area contributed by atoms with Crippen LogP contribution in [-0.4, -0.2) is 9.97 Å². The Labute approximate surface area is 121 Å². The molecule has 0 aliphatic rings. The predicted octanol–water partition coefficient (Wildman–Crippen LogP) is 4.65. The Hall–Kier alpha value is -1.61. The molecule has 0 atom stereocenters. The monoisotopic (exact) mass is 314 g/mol. The van der Waals surface area contributed by atoms with Gasteiger partial charge in [-0.2, -0.15) is 0 Å². The molecule has 3 rings (SSSR count). The summed E-state index contributed by atoms with van der Waals surface area (Å²) in [6.45, 7) is 4.48. The Balaban J connectivity index is 2.21. The molecular weight excluding hydrogens is 300 g/mol. The van der Waals surface area contributed by atoms with Gasteiger partial charge in [0, 0.05) is 27.7 Å². The molecule has 0 radical (unpaired) electrons. The smallest absolute Gasteiger partial charge is 0.137 e. The van der Waals surface area contributed by atoms with E-state index >= 15 is 0 Å². The number of benzene rings is 1. The van der Waals surface area contributed by atoms with Gasteiger partial charge in [-0.3, -0.25) is 0 Å². The van der Waals surface area contributed by atoms with E-state index in [0.717, 1.165) is 10.1 Å². The first-order valence-electron chi connectivity index (χ1n) is 6.27. The number of nitrogens with zero attached hydrogens (tertiary/aromatic N) is 1. The molecular formula is C16H15BrN2. The Kier molecular flexibility index (Phi) is 2.94. The molecule has 96 valence electrons. The van der Waals surface area contributed by atoms with Crippen molar-refractivity contribution in [2.45, 2.75) is 19.3 Å². The molecule has 19 heavy (non-hydrogen) atoms. The molecule has 1 N–H and O–H groups in total. The number of pyridine rings is 1. The summed E-state index contributed by atoms with van der Waals surface area (Å²) in [6, 6.07) is 12.7. The summed E-state index contributed by atoms with van der Waals surface area (Å²) in [5.41, 5.74) is 3.45. The molecule has 2 nitrogen and oxygen atoms in total. The van der Waals surface area contributed by atoms with E-state index in [1.165, 1.54) is 16.5 Å². The van der Waals surface area contributed by atoms with Gasteiger partial charge in [-0.05, 0) is 33.1 Å². The second-order valence-electron chi connectivity index (χ2n) is 5.24. The maximum atomic E-state index is 4.41. The Morgan fingerprint density at radius 2 is 1.89 bits per heavy atom. The summed E-state index contributed by atoms with van der Waals surface area (Å²) in [6.07, 6.45) is 3.88. The van der Waals surface area contributed by atoms with Crippen LogP contribution in [0.15, 0.2) is 53.3 Å². The highest BCUT2D eigenvalue weighted by Gasteiger charge is 2.26. The van der Waals surface area contributed by atoms with Crippen molar-refractivity contribution in [3.05, 3.63) is 64.4 Å². The van der Waals surface area contributed by atoms with Crippen molar-refractivity contribution in [1.82, 2.24) is 9.97 Å². The summed E-state index contributed by atoms with van der Waals surface area (Å²) in [5, 5.41) is 1.17. The van der Waals surface area contributed by atoms with Crippen LogP contribution in [0.1, 0.15) is 25.0 Å². The van der Waals surface area contributed by atoms with Crippen molar-refractivity contribution >= 4 is 27.0 Å². The van der Waals surface area contributed by atoms with Crippen LogP contribution in [-0.2, 0) is 5.41 Å². The highest BCUT2D eigenvalue weighted by molar-refractivity contribution is 9.10. The molecule has 0 spiro atoms. The van der Waals surface area contributed by atoms with Crippen LogP contribution in [0.3, 0.4) is 0 Å². The number of aromatic amines is 1. The molecule has 0 bridgehead atoms. The van der Waals surface area contributed by atoms with Gasteiger partial charge in [-0.15, -0.1) is 0 Å². The van der Waals surface area contributed by atoms with Gasteiger partial charge in [-0.1, -0.05) is 44.2 Å². The third-order valence-electron chi connectivity index (χ3n) is 3.67. The lowest BCUT2D eigenvalue weighted by molar-refractivity contribution is 0.647. The first-order chi connectivity index (χ1) is 9.09. The zero-order valence-corrected chi connectivity index (χ0v) is 12.5. The third-order valence-corrected chi connectivity index (χ3v) is 4.10. The SMILES string of the molecule is CC(C)(c1ccccc1)c1c[nH]c2ncc(Br)cc12. The minimum Gasteiger partial charge on any atom is -0.346 e. The van der Waals surface area contributed by atoms with Crippen LogP contribution in [0, 0.1) is 0 Å². The van der Waals surface area contributed by atoms with Crippen molar-refractivity contribution < 1.29 is 0 Å². The standard InChI is InChI=1S/C16H15BrN2/c1-16(2,11-6-4-3-5-7-11)14-10-19-15-13(14)8-12(17)9-18-15/h3-10H,1-2H3,(H,18,19). The minimum atomic E-state index is -0.0536. The van der Waals surface area contributed by atoms with Crippen LogP contribution in [0.2, 0.25) is 0 Å². The average Bonchev–Trinajstić information content (AvgIpc) is 2.83. The number of aromatic nitrogens is 2. The highest BCUT2D eigenvalue weighted by atomic mass is 79.9. The molecule has 0 saturated heterocycles. The molecule has 0 aliphatic heterocycles. The summed E-state index contributed by atoms with van der Waals surface area (Å²) in [4.78, 5) is 7.67. The van der Waals surface area contributed by atoms with Gasteiger partial charge in [0.15, 0.2) is 0 Å². The number of halogens is 1.